The largest absolute Gasteiger partial charge is 0.352 e. The molecule has 0 unspecified atom stereocenters. The van der Waals surface area contributed by atoms with Crippen molar-refractivity contribution in [2.45, 2.75) is 25.7 Å². The second kappa shape index (κ2) is 8.19. The summed E-state index contributed by atoms with van der Waals surface area (Å²) in [5.41, 5.74) is 1.63. The van der Waals surface area contributed by atoms with E-state index in [0.717, 1.165) is 23.9 Å². The molecule has 0 saturated heterocycles. The number of benzene rings is 1. The maximum absolute atomic E-state index is 12.0. The third-order valence-corrected chi connectivity index (χ3v) is 3.97. The summed E-state index contributed by atoms with van der Waals surface area (Å²) in [6, 6.07) is 9.49. The molecule has 0 aliphatic rings. The number of aromatic nitrogens is 1. The van der Waals surface area contributed by atoms with Crippen molar-refractivity contribution in [3.8, 4) is 0 Å². The molecule has 0 aliphatic carbocycles. The van der Waals surface area contributed by atoms with E-state index in [1.165, 1.54) is 23.7 Å². The fourth-order valence-corrected chi connectivity index (χ4v) is 2.63. The highest BCUT2D eigenvalue weighted by atomic mass is 127. The molecule has 0 aliphatic heterocycles. The number of pyridine rings is 1. The zero-order valence-corrected chi connectivity index (χ0v) is 13.6. The van der Waals surface area contributed by atoms with E-state index >= 15 is 0 Å². The highest BCUT2D eigenvalue weighted by Gasteiger charge is 2.05. The lowest BCUT2D eigenvalue weighted by Crippen LogP contribution is -2.24. The molecule has 0 spiro atoms. The van der Waals surface area contributed by atoms with E-state index in [-0.39, 0.29) is 5.91 Å². The van der Waals surface area contributed by atoms with Crippen LogP contribution in [0.4, 0.5) is 0 Å². The van der Waals surface area contributed by atoms with Crippen LogP contribution in [0.5, 0.6) is 0 Å². The average Bonchev–Trinajstić information content (AvgIpc) is 2.50. The average molecular weight is 382 g/mol. The van der Waals surface area contributed by atoms with E-state index in [1.807, 2.05) is 30.3 Å². The summed E-state index contributed by atoms with van der Waals surface area (Å²) in [7, 11) is 0. The van der Waals surface area contributed by atoms with Crippen molar-refractivity contribution < 1.29 is 4.79 Å². The van der Waals surface area contributed by atoms with Crippen molar-refractivity contribution in [3.05, 3.63) is 42.1 Å². The molecule has 0 atom stereocenters. The summed E-state index contributed by atoms with van der Waals surface area (Å²) in [5.74, 6) is 0.00430. The Morgan fingerprint density at radius 1 is 1.15 bits per heavy atom. The lowest BCUT2D eigenvalue weighted by Gasteiger charge is -2.06. The maximum Gasteiger partial charge on any atom is 0.251 e. The number of carbonyl (C=O) groups excluding carboxylic acids is 1. The minimum Gasteiger partial charge on any atom is -0.352 e. The van der Waals surface area contributed by atoms with Gasteiger partial charge in [0.25, 0.3) is 5.91 Å². The van der Waals surface area contributed by atoms with Crippen molar-refractivity contribution >= 4 is 39.4 Å². The molecule has 0 bridgehead atoms. The normalized spacial score (nSPS) is 10.7. The first-order valence-electron chi connectivity index (χ1n) is 7.00. The lowest BCUT2D eigenvalue weighted by molar-refractivity contribution is 0.0953. The number of alkyl halides is 1. The Morgan fingerprint density at radius 2 is 2.00 bits per heavy atom. The molecule has 1 N–H and O–H groups in total. The topological polar surface area (TPSA) is 42.0 Å². The smallest absolute Gasteiger partial charge is 0.251 e. The molecule has 4 heteroatoms. The third kappa shape index (κ3) is 4.44. The van der Waals surface area contributed by atoms with Crippen LogP contribution in [0.25, 0.3) is 10.9 Å². The van der Waals surface area contributed by atoms with E-state index in [4.69, 9.17) is 0 Å². The van der Waals surface area contributed by atoms with Crippen molar-refractivity contribution in [3.63, 3.8) is 0 Å². The molecule has 0 fully saturated rings. The highest BCUT2D eigenvalue weighted by Crippen LogP contribution is 2.13. The van der Waals surface area contributed by atoms with Crippen molar-refractivity contribution in [2.24, 2.45) is 0 Å². The Bertz CT molecular complexity index is 571. The summed E-state index contributed by atoms with van der Waals surface area (Å²) in [5, 5.41) is 3.98. The number of rotatable bonds is 7. The van der Waals surface area contributed by atoms with Crippen LogP contribution in [0, 0.1) is 0 Å². The van der Waals surface area contributed by atoms with Gasteiger partial charge >= 0.3 is 0 Å². The molecule has 0 saturated carbocycles. The van der Waals surface area contributed by atoms with Gasteiger partial charge in [0, 0.05) is 23.7 Å². The number of halogens is 1. The van der Waals surface area contributed by atoms with E-state index in [1.54, 1.807) is 6.20 Å². The standard InChI is InChI=1S/C16H19IN2O/c17-9-3-1-2-4-10-19-16(20)14-7-8-15-13(12-14)6-5-11-18-15/h5-8,11-12H,1-4,9-10H2,(H,19,20). The number of hydrogen-bond donors (Lipinski definition) is 1. The monoisotopic (exact) mass is 382 g/mol. The van der Waals surface area contributed by atoms with Crippen molar-refractivity contribution in [1.82, 2.24) is 10.3 Å². The van der Waals surface area contributed by atoms with Gasteiger partial charge in [-0.15, -0.1) is 0 Å². The zero-order chi connectivity index (χ0) is 14.2. The number of carbonyl (C=O) groups is 1. The minimum atomic E-state index is 0.00430. The first-order valence-corrected chi connectivity index (χ1v) is 8.53. The summed E-state index contributed by atoms with van der Waals surface area (Å²) in [4.78, 5) is 16.3. The van der Waals surface area contributed by atoms with Gasteiger partial charge in [0.15, 0.2) is 0 Å². The van der Waals surface area contributed by atoms with E-state index in [0.29, 0.717) is 5.56 Å². The van der Waals surface area contributed by atoms with Crippen LogP contribution >= 0.6 is 22.6 Å². The molecular formula is C16H19IN2O. The molecule has 106 valence electrons. The zero-order valence-electron chi connectivity index (χ0n) is 11.4. The molecule has 1 amide bonds. The summed E-state index contributed by atoms with van der Waals surface area (Å²) in [6.45, 7) is 0.755. The second-order valence-corrected chi connectivity index (χ2v) is 5.85. The maximum atomic E-state index is 12.0. The number of fused-ring (bicyclic) bond motifs is 1. The second-order valence-electron chi connectivity index (χ2n) is 4.77. The van der Waals surface area contributed by atoms with E-state index < -0.39 is 0 Å². The minimum absolute atomic E-state index is 0.00430. The summed E-state index contributed by atoms with van der Waals surface area (Å²) < 4.78 is 1.22. The Labute approximate surface area is 133 Å². The first kappa shape index (κ1) is 15.2. The van der Waals surface area contributed by atoms with Gasteiger partial charge in [0.1, 0.15) is 0 Å². The molecule has 2 aromatic rings. The summed E-state index contributed by atoms with van der Waals surface area (Å²) in [6.07, 6.45) is 6.52. The molecule has 0 radical (unpaired) electrons. The van der Waals surface area contributed by atoms with Gasteiger partial charge in [0.05, 0.1) is 5.52 Å². The van der Waals surface area contributed by atoms with Crippen molar-refractivity contribution in [2.75, 3.05) is 11.0 Å². The lowest BCUT2D eigenvalue weighted by atomic mass is 10.1. The number of unbranched alkanes of at least 4 members (excludes halogenated alkanes) is 3. The molecule has 20 heavy (non-hydrogen) atoms. The molecule has 1 aromatic heterocycles. The predicted molar refractivity (Wildman–Crippen MR) is 91.4 cm³/mol. The van der Waals surface area contributed by atoms with Crippen LogP contribution < -0.4 is 5.32 Å². The quantitative estimate of drug-likeness (QED) is 0.448. The van der Waals surface area contributed by atoms with Gasteiger partial charge < -0.3 is 5.32 Å². The Morgan fingerprint density at radius 3 is 2.85 bits per heavy atom. The van der Waals surface area contributed by atoms with Crippen LogP contribution in [0.1, 0.15) is 36.0 Å². The van der Waals surface area contributed by atoms with Crippen LogP contribution in [-0.2, 0) is 0 Å². The molecule has 3 nitrogen and oxygen atoms in total. The van der Waals surface area contributed by atoms with Gasteiger partial charge in [-0.05, 0) is 41.5 Å². The van der Waals surface area contributed by atoms with Gasteiger partial charge in [-0.25, -0.2) is 0 Å². The fraction of sp³-hybridized carbons (Fsp3) is 0.375. The molecule has 2 rings (SSSR count). The van der Waals surface area contributed by atoms with E-state index in [9.17, 15) is 4.79 Å². The Balaban J connectivity index is 1.84. The Hall–Kier alpha value is -1.17. The predicted octanol–water partition coefficient (Wildman–Crippen LogP) is 3.96. The molecular weight excluding hydrogens is 363 g/mol. The van der Waals surface area contributed by atoms with Crippen molar-refractivity contribution in [1.29, 1.82) is 0 Å². The summed E-state index contributed by atoms with van der Waals surface area (Å²) >= 11 is 2.40. The SMILES string of the molecule is O=C(NCCCCCCI)c1ccc2ncccc2c1. The van der Waals surface area contributed by atoms with E-state index in [2.05, 4.69) is 32.9 Å². The third-order valence-electron chi connectivity index (χ3n) is 3.21. The van der Waals surface area contributed by atoms with Gasteiger partial charge in [-0.1, -0.05) is 41.5 Å². The first-order chi connectivity index (χ1) is 9.81. The van der Waals surface area contributed by atoms with Gasteiger partial charge in [-0.2, -0.15) is 0 Å². The highest BCUT2D eigenvalue weighted by molar-refractivity contribution is 14.1. The molecule has 1 aromatic carbocycles. The van der Waals surface area contributed by atoms with Crippen LogP contribution in [0.15, 0.2) is 36.5 Å². The number of amides is 1. The Kier molecular flexibility index (Phi) is 6.24. The number of nitrogens with one attached hydrogen (secondary N) is 1. The molecule has 1 heterocycles. The van der Waals surface area contributed by atoms with Crippen LogP contribution in [0.3, 0.4) is 0 Å². The number of nitrogens with zero attached hydrogens (tertiary/aromatic N) is 1. The fourth-order valence-electron chi connectivity index (χ4n) is 2.09. The van der Waals surface area contributed by atoms with Gasteiger partial charge in [0.2, 0.25) is 0 Å². The van der Waals surface area contributed by atoms with Crippen LogP contribution in [-0.4, -0.2) is 21.9 Å². The number of hydrogen-bond acceptors (Lipinski definition) is 2. The van der Waals surface area contributed by atoms with Gasteiger partial charge in [-0.3, -0.25) is 9.78 Å². The van der Waals surface area contributed by atoms with Crippen LogP contribution in [0.2, 0.25) is 0 Å².